The summed E-state index contributed by atoms with van der Waals surface area (Å²) in [5.74, 6) is -0.632. The smallest absolute Gasteiger partial charge is 0.412 e. The molecule has 0 aliphatic carbocycles. The molecule has 0 aliphatic heterocycles. The molecule has 0 fully saturated rings. The number of carbonyl (C=O) groups is 2. The molecule has 126 valence electrons. The highest BCUT2D eigenvalue weighted by molar-refractivity contribution is 5.97. The van der Waals surface area contributed by atoms with Gasteiger partial charge in [-0.2, -0.15) is 0 Å². The van der Waals surface area contributed by atoms with Crippen molar-refractivity contribution in [3.63, 3.8) is 0 Å². The lowest BCUT2D eigenvalue weighted by Crippen LogP contribution is -2.27. The summed E-state index contributed by atoms with van der Waals surface area (Å²) in [4.78, 5) is 23.5. The van der Waals surface area contributed by atoms with E-state index in [2.05, 4.69) is 5.32 Å². The van der Waals surface area contributed by atoms with E-state index in [0.29, 0.717) is 16.8 Å². The number of ketones is 1. The fraction of sp³-hybridized carbons (Fsp3) is 0.263. The number of benzene rings is 2. The van der Waals surface area contributed by atoms with Crippen molar-refractivity contribution in [2.75, 3.05) is 5.32 Å². The van der Waals surface area contributed by atoms with E-state index in [1.165, 1.54) is 25.1 Å². The second kappa shape index (κ2) is 6.83. The first-order valence-electron chi connectivity index (χ1n) is 7.57. The number of anilines is 1. The van der Waals surface area contributed by atoms with E-state index >= 15 is 0 Å². The first kappa shape index (κ1) is 17.7. The Labute approximate surface area is 140 Å². The van der Waals surface area contributed by atoms with Crippen LogP contribution in [0.25, 0.3) is 11.1 Å². The molecule has 0 saturated heterocycles. The minimum absolute atomic E-state index is 0.158. The number of nitrogens with one attached hydrogen (secondary N) is 1. The monoisotopic (exact) mass is 329 g/mol. The number of amides is 1. The number of hydrogen-bond acceptors (Lipinski definition) is 3. The molecule has 4 nitrogen and oxygen atoms in total. The quantitative estimate of drug-likeness (QED) is 0.802. The molecule has 1 N–H and O–H groups in total. The van der Waals surface area contributed by atoms with Gasteiger partial charge in [-0.25, -0.2) is 9.18 Å². The van der Waals surface area contributed by atoms with Crippen LogP contribution in [0.2, 0.25) is 0 Å². The Kier molecular flexibility index (Phi) is 5.02. The van der Waals surface area contributed by atoms with Crippen molar-refractivity contribution >= 4 is 17.6 Å². The van der Waals surface area contributed by atoms with Gasteiger partial charge in [0.05, 0.1) is 5.69 Å². The SMILES string of the molecule is CC(=O)c1ccc(F)c(-c2ccccc2NC(=O)OC(C)(C)C)c1. The van der Waals surface area contributed by atoms with E-state index in [1.807, 2.05) is 0 Å². The van der Waals surface area contributed by atoms with Crippen molar-refractivity contribution in [3.05, 3.63) is 53.8 Å². The van der Waals surface area contributed by atoms with Crippen molar-refractivity contribution in [1.29, 1.82) is 0 Å². The fourth-order valence-corrected chi connectivity index (χ4v) is 2.19. The van der Waals surface area contributed by atoms with Crippen LogP contribution in [0.15, 0.2) is 42.5 Å². The lowest BCUT2D eigenvalue weighted by atomic mass is 9.99. The lowest BCUT2D eigenvalue weighted by Gasteiger charge is -2.20. The maximum absolute atomic E-state index is 14.3. The second-order valence-corrected chi connectivity index (χ2v) is 6.42. The van der Waals surface area contributed by atoms with Crippen LogP contribution in [0, 0.1) is 5.82 Å². The predicted octanol–water partition coefficient (Wildman–Crippen LogP) is 5.04. The summed E-state index contributed by atoms with van der Waals surface area (Å²) < 4.78 is 19.5. The number of ether oxygens (including phenoxy) is 1. The third-order valence-electron chi connectivity index (χ3n) is 3.23. The van der Waals surface area contributed by atoms with Gasteiger partial charge in [-0.1, -0.05) is 18.2 Å². The molecule has 2 rings (SSSR count). The topological polar surface area (TPSA) is 55.4 Å². The van der Waals surface area contributed by atoms with Crippen molar-refractivity contribution in [3.8, 4) is 11.1 Å². The molecule has 0 spiro atoms. The molecular formula is C19H20FNO3. The average Bonchev–Trinajstić information content (AvgIpc) is 2.46. The average molecular weight is 329 g/mol. The first-order valence-corrected chi connectivity index (χ1v) is 7.57. The number of Topliss-reactive ketones (excluding diaryl/α,β-unsaturated/α-hetero) is 1. The molecule has 2 aromatic carbocycles. The van der Waals surface area contributed by atoms with Gasteiger partial charge < -0.3 is 4.74 Å². The van der Waals surface area contributed by atoms with E-state index in [9.17, 15) is 14.0 Å². The molecule has 5 heteroatoms. The third kappa shape index (κ3) is 4.41. The van der Waals surface area contributed by atoms with Gasteiger partial charge >= 0.3 is 6.09 Å². The van der Waals surface area contributed by atoms with Gasteiger partial charge in [-0.3, -0.25) is 10.1 Å². The highest BCUT2D eigenvalue weighted by Crippen LogP contribution is 2.31. The number of hydrogen-bond donors (Lipinski definition) is 1. The fourth-order valence-electron chi connectivity index (χ4n) is 2.19. The molecule has 0 radical (unpaired) electrons. The lowest BCUT2D eigenvalue weighted by molar-refractivity contribution is 0.0635. The second-order valence-electron chi connectivity index (χ2n) is 6.42. The molecule has 2 aromatic rings. The molecule has 0 saturated carbocycles. The maximum Gasteiger partial charge on any atom is 0.412 e. The molecule has 0 aromatic heterocycles. The largest absolute Gasteiger partial charge is 0.444 e. The van der Waals surface area contributed by atoms with E-state index in [1.54, 1.807) is 45.0 Å². The highest BCUT2D eigenvalue weighted by atomic mass is 19.1. The van der Waals surface area contributed by atoms with Crippen LogP contribution in [0.1, 0.15) is 38.1 Å². The molecule has 0 unspecified atom stereocenters. The zero-order chi connectivity index (χ0) is 17.9. The van der Waals surface area contributed by atoms with E-state index in [4.69, 9.17) is 4.74 Å². The number of para-hydroxylation sites is 1. The molecule has 0 bridgehead atoms. The minimum Gasteiger partial charge on any atom is -0.444 e. The van der Waals surface area contributed by atoms with Gasteiger partial charge in [0, 0.05) is 16.7 Å². The van der Waals surface area contributed by atoms with Crippen LogP contribution >= 0.6 is 0 Å². The molecule has 24 heavy (non-hydrogen) atoms. The van der Waals surface area contributed by atoms with Crippen LogP contribution in [-0.4, -0.2) is 17.5 Å². The highest BCUT2D eigenvalue weighted by Gasteiger charge is 2.18. The standard InChI is InChI=1S/C19H20FNO3/c1-12(22)13-9-10-16(20)15(11-13)14-7-5-6-8-17(14)21-18(23)24-19(2,3)4/h5-11H,1-4H3,(H,21,23). The van der Waals surface area contributed by atoms with Crippen LogP contribution < -0.4 is 5.32 Å². The van der Waals surface area contributed by atoms with Crippen molar-refractivity contribution < 1.29 is 18.7 Å². The van der Waals surface area contributed by atoms with Gasteiger partial charge in [0.15, 0.2) is 5.78 Å². The first-order chi connectivity index (χ1) is 11.2. The van der Waals surface area contributed by atoms with E-state index < -0.39 is 17.5 Å². The summed E-state index contributed by atoms with van der Waals surface area (Å²) in [7, 11) is 0. The van der Waals surface area contributed by atoms with Gasteiger partial charge in [0.2, 0.25) is 0 Å². The Morgan fingerprint density at radius 1 is 1.04 bits per heavy atom. The number of carbonyl (C=O) groups excluding carboxylic acids is 2. The molecule has 0 aliphatic rings. The molecule has 0 heterocycles. The summed E-state index contributed by atoms with van der Waals surface area (Å²) in [5, 5.41) is 2.63. The predicted molar refractivity (Wildman–Crippen MR) is 91.7 cm³/mol. The summed E-state index contributed by atoms with van der Waals surface area (Å²) in [6.45, 7) is 6.69. The van der Waals surface area contributed by atoms with E-state index in [-0.39, 0.29) is 11.3 Å². The summed E-state index contributed by atoms with van der Waals surface area (Å²) in [6.07, 6.45) is -0.627. The molecular weight excluding hydrogens is 309 g/mol. The Bertz CT molecular complexity index is 778. The Hall–Kier alpha value is -2.69. The van der Waals surface area contributed by atoms with Crippen molar-refractivity contribution in [2.24, 2.45) is 0 Å². The van der Waals surface area contributed by atoms with Crippen LogP contribution in [0.5, 0.6) is 0 Å². The summed E-state index contributed by atoms with van der Waals surface area (Å²) in [5.41, 5.74) is 0.891. The van der Waals surface area contributed by atoms with Crippen molar-refractivity contribution in [1.82, 2.24) is 0 Å². The van der Waals surface area contributed by atoms with Gasteiger partial charge in [-0.05, 0) is 52.0 Å². The Morgan fingerprint density at radius 3 is 2.33 bits per heavy atom. The normalized spacial score (nSPS) is 11.0. The maximum atomic E-state index is 14.3. The zero-order valence-corrected chi connectivity index (χ0v) is 14.1. The molecule has 1 amide bonds. The third-order valence-corrected chi connectivity index (χ3v) is 3.23. The molecule has 0 atom stereocenters. The Morgan fingerprint density at radius 2 is 1.71 bits per heavy atom. The van der Waals surface area contributed by atoms with Gasteiger partial charge in [-0.15, -0.1) is 0 Å². The van der Waals surface area contributed by atoms with Crippen LogP contribution in [0.4, 0.5) is 14.9 Å². The van der Waals surface area contributed by atoms with Crippen LogP contribution in [-0.2, 0) is 4.74 Å². The van der Waals surface area contributed by atoms with Crippen LogP contribution in [0.3, 0.4) is 0 Å². The van der Waals surface area contributed by atoms with E-state index in [0.717, 1.165) is 0 Å². The zero-order valence-electron chi connectivity index (χ0n) is 14.1. The van der Waals surface area contributed by atoms with Gasteiger partial charge in [0.1, 0.15) is 11.4 Å². The Balaban J connectivity index is 2.41. The number of halogens is 1. The minimum atomic E-state index is -0.640. The summed E-state index contributed by atoms with van der Waals surface area (Å²) in [6, 6.07) is 10.9. The van der Waals surface area contributed by atoms with Crippen molar-refractivity contribution in [2.45, 2.75) is 33.3 Å². The summed E-state index contributed by atoms with van der Waals surface area (Å²) >= 11 is 0. The van der Waals surface area contributed by atoms with Gasteiger partial charge in [0.25, 0.3) is 0 Å². The number of rotatable bonds is 3.